The van der Waals surface area contributed by atoms with Crippen molar-refractivity contribution in [3.05, 3.63) is 29.0 Å². The summed E-state index contributed by atoms with van der Waals surface area (Å²) in [6.45, 7) is 4.20. The highest BCUT2D eigenvalue weighted by atomic mass is 35.5. The summed E-state index contributed by atoms with van der Waals surface area (Å²) in [5.74, 6) is 0.269. The predicted molar refractivity (Wildman–Crippen MR) is 66.9 cm³/mol. The maximum absolute atomic E-state index is 12.2. The number of carbonyl (C=O) groups is 1. The lowest BCUT2D eigenvalue weighted by Crippen LogP contribution is -2.15. The minimum absolute atomic E-state index is 0.106. The Bertz CT molecular complexity index is 346. The molecule has 2 nitrogen and oxygen atoms in total. The molecule has 0 radical (unpaired) electrons. The molecule has 1 rings (SSSR count). The highest BCUT2D eigenvalue weighted by Gasteiger charge is 2.20. The molecule has 0 atom stereocenters. The van der Waals surface area contributed by atoms with E-state index >= 15 is 0 Å². The zero-order valence-electron chi connectivity index (χ0n) is 9.87. The zero-order chi connectivity index (χ0) is 12.0. The number of halogens is 1. The van der Waals surface area contributed by atoms with Crippen molar-refractivity contribution in [2.45, 2.75) is 39.5 Å². The van der Waals surface area contributed by atoms with Gasteiger partial charge in [-0.25, -0.2) is 0 Å². The van der Waals surface area contributed by atoms with Crippen LogP contribution in [0.3, 0.4) is 0 Å². The molecular formula is C13H18ClNO. The van der Waals surface area contributed by atoms with Crippen LogP contribution in [0.1, 0.15) is 49.9 Å². The van der Waals surface area contributed by atoms with Gasteiger partial charge < -0.3 is 0 Å². The first-order valence-electron chi connectivity index (χ1n) is 5.84. The number of hydrogen-bond donors (Lipinski definition) is 0. The normalized spacial score (nSPS) is 10.8. The number of carbonyl (C=O) groups excluding carboxylic acids is 1. The molecule has 3 heteroatoms. The molecule has 0 N–H and O–H groups in total. The van der Waals surface area contributed by atoms with Crippen molar-refractivity contribution in [1.82, 2.24) is 4.98 Å². The SMILES string of the molecule is CCCC(CCC)C(=O)c1ccncc1Cl. The molecule has 1 aromatic rings. The fourth-order valence-electron chi connectivity index (χ4n) is 1.90. The average Bonchev–Trinajstić information content (AvgIpc) is 2.28. The Hall–Kier alpha value is -0.890. The molecule has 16 heavy (non-hydrogen) atoms. The Morgan fingerprint density at radius 1 is 1.38 bits per heavy atom. The van der Waals surface area contributed by atoms with E-state index in [2.05, 4.69) is 18.8 Å². The lowest BCUT2D eigenvalue weighted by atomic mass is 9.90. The second-order valence-corrected chi connectivity index (χ2v) is 4.40. The molecule has 1 heterocycles. The Morgan fingerprint density at radius 2 is 2.00 bits per heavy atom. The summed E-state index contributed by atoms with van der Waals surface area (Å²) in [6.07, 6.45) is 7.08. The van der Waals surface area contributed by atoms with Crippen molar-refractivity contribution in [2.75, 3.05) is 0 Å². The van der Waals surface area contributed by atoms with Crippen LogP contribution in [0.25, 0.3) is 0 Å². The molecule has 0 spiro atoms. The Morgan fingerprint density at radius 3 is 2.50 bits per heavy atom. The van der Waals surface area contributed by atoms with Gasteiger partial charge in [0.1, 0.15) is 0 Å². The van der Waals surface area contributed by atoms with E-state index in [1.165, 1.54) is 6.20 Å². The summed E-state index contributed by atoms with van der Waals surface area (Å²) in [5, 5.41) is 0.463. The summed E-state index contributed by atoms with van der Waals surface area (Å²) in [4.78, 5) is 16.1. The second-order valence-electron chi connectivity index (χ2n) is 3.99. The predicted octanol–water partition coefficient (Wildman–Crippen LogP) is 4.13. The average molecular weight is 240 g/mol. The van der Waals surface area contributed by atoms with E-state index in [1.807, 2.05) is 0 Å². The van der Waals surface area contributed by atoms with Gasteiger partial charge in [0.25, 0.3) is 0 Å². The molecule has 0 fully saturated rings. The molecule has 0 amide bonds. The number of Topliss-reactive ketones (excluding diaryl/α,β-unsaturated/α-hetero) is 1. The number of nitrogens with zero attached hydrogens (tertiary/aromatic N) is 1. The number of aromatic nitrogens is 1. The molecule has 0 aliphatic carbocycles. The van der Waals surface area contributed by atoms with Crippen LogP contribution in [0.5, 0.6) is 0 Å². The molecule has 0 saturated carbocycles. The molecule has 88 valence electrons. The van der Waals surface area contributed by atoms with Gasteiger partial charge in [0.15, 0.2) is 5.78 Å². The third kappa shape index (κ3) is 3.31. The van der Waals surface area contributed by atoms with Crippen molar-refractivity contribution >= 4 is 17.4 Å². The van der Waals surface area contributed by atoms with E-state index in [4.69, 9.17) is 11.6 Å². The van der Waals surface area contributed by atoms with E-state index < -0.39 is 0 Å². The van der Waals surface area contributed by atoms with Crippen molar-refractivity contribution < 1.29 is 4.79 Å². The van der Waals surface area contributed by atoms with E-state index in [-0.39, 0.29) is 11.7 Å². The van der Waals surface area contributed by atoms with Gasteiger partial charge in [-0.3, -0.25) is 9.78 Å². The highest BCUT2D eigenvalue weighted by Crippen LogP contribution is 2.23. The molecule has 0 unspecified atom stereocenters. The maximum atomic E-state index is 12.2. The molecule has 0 saturated heterocycles. The minimum atomic E-state index is 0.106. The lowest BCUT2D eigenvalue weighted by Gasteiger charge is -2.14. The number of ketones is 1. The van der Waals surface area contributed by atoms with Gasteiger partial charge in [-0.2, -0.15) is 0 Å². The van der Waals surface area contributed by atoms with Crippen LogP contribution < -0.4 is 0 Å². The van der Waals surface area contributed by atoms with Crippen molar-refractivity contribution in [1.29, 1.82) is 0 Å². The quantitative estimate of drug-likeness (QED) is 0.699. The molecule has 1 aromatic heterocycles. The first kappa shape index (κ1) is 13.2. The number of pyridine rings is 1. The van der Waals surface area contributed by atoms with Crippen molar-refractivity contribution in [3.63, 3.8) is 0 Å². The van der Waals surface area contributed by atoms with Gasteiger partial charge in [-0.15, -0.1) is 0 Å². The van der Waals surface area contributed by atoms with Crippen LogP contribution in [0, 0.1) is 5.92 Å². The van der Waals surface area contributed by atoms with Crippen LogP contribution in [0.4, 0.5) is 0 Å². The van der Waals surface area contributed by atoms with Gasteiger partial charge in [0.2, 0.25) is 0 Å². The van der Waals surface area contributed by atoms with Gasteiger partial charge in [0, 0.05) is 23.9 Å². The summed E-state index contributed by atoms with van der Waals surface area (Å²) < 4.78 is 0. The van der Waals surface area contributed by atoms with Gasteiger partial charge >= 0.3 is 0 Å². The van der Waals surface area contributed by atoms with Crippen LogP contribution in [0.2, 0.25) is 5.02 Å². The van der Waals surface area contributed by atoms with Gasteiger partial charge in [0.05, 0.1) is 5.02 Å². The van der Waals surface area contributed by atoms with Gasteiger partial charge in [-0.1, -0.05) is 38.3 Å². The Kier molecular flexibility index (Phi) is 5.47. The first-order valence-corrected chi connectivity index (χ1v) is 6.22. The van der Waals surface area contributed by atoms with Crippen molar-refractivity contribution in [2.24, 2.45) is 5.92 Å². The molecule has 0 aromatic carbocycles. The Labute approximate surface area is 102 Å². The third-order valence-electron chi connectivity index (χ3n) is 2.68. The topological polar surface area (TPSA) is 30.0 Å². The van der Waals surface area contributed by atoms with Crippen LogP contribution in [-0.4, -0.2) is 10.8 Å². The highest BCUT2D eigenvalue weighted by molar-refractivity contribution is 6.33. The minimum Gasteiger partial charge on any atom is -0.294 e. The first-order chi connectivity index (χ1) is 7.70. The smallest absolute Gasteiger partial charge is 0.167 e. The van der Waals surface area contributed by atoms with Crippen molar-refractivity contribution in [3.8, 4) is 0 Å². The summed E-state index contributed by atoms with van der Waals surface area (Å²) in [5.41, 5.74) is 0.614. The number of hydrogen-bond acceptors (Lipinski definition) is 2. The fraction of sp³-hybridized carbons (Fsp3) is 0.538. The monoisotopic (exact) mass is 239 g/mol. The summed E-state index contributed by atoms with van der Waals surface area (Å²) in [6, 6.07) is 1.71. The zero-order valence-corrected chi connectivity index (χ0v) is 10.6. The summed E-state index contributed by atoms with van der Waals surface area (Å²) >= 11 is 5.98. The summed E-state index contributed by atoms with van der Waals surface area (Å²) in [7, 11) is 0. The van der Waals surface area contributed by atoms with E-state index in [1.54, 1.807) is 12.3 Å². The Balaban J connectivity index is 2.85. The van der Waals surface area contributed by atoms with Crippen LogP contribution in [0.15, 0.2) is 18.5 Å². The second kappa shape index (κ2) is 6.64. The third-order valence-corrected chi connectivity index (χ3v) is 2.98. The standard InChI is InChI=1S/C13H18ClNO/c1-3-5-10(6-4-2)13(16)11-7-8-15-9-12(11)14/h7-10H,3-6H2,1-2H3. The van der Waals surface area contributed by atoms with E-state index in [9.17, 15) is 4.79 Å². The number of rotatable bonds is 6. The lowest BCUT2D eigenvalue weighted by molar-refractivity contribution is 0.0905. The van der Waals surface area contributed by atoms with E-state index in [0.29, 0.717) is 10.6 Å². The molecule has 0 aliphatic rings. The van der Waals surface area contributed by atoms with Crippen LogP contribution >= 0.6 is 11.6 Å². The van der Waals surface area contributed by atoms with Gasteiger partial charge in [-0.05, 0) is 18.9 Å². The maximum Gasteiger partial charge on any atom is 0.167 e. The largest absolute Gasteiger partial charge is 0.294 e. The fourth-order valence-corrected chi connectivity index (χ4v) is 2.11. The molecule has 0 bridgehead atoms. The molecular weight excluding hydrogens is 222 g/mol. The van der Waals surface area contributed by atoms with E-state index in [0.717, 1.165) is 25.7 Å². The molecule has 0 aliphatic heterocycles. The van der Waals surface area contributed by atoms with Crippen LogP contribution in [-0.2, 0) is 0 Å².